The average molecular weight is 334 g/mol. The van der Waals surface area contributed by atoms with Gasteiger partial charge in [0.2, 0.25) is 0 Å². The second kappa shape index (κ2) is 6.17. The SMILES string of the molecule is O=C(Nc1ncco1)c1cccc(-c2ccc(Cl)c(Cl)c2)n1. The number of halogens is 2. The highest BCUT2D eigenvalue weighted by molar-refractivity contribution is 6.42. The molecule has 5 nitrogen and oxygen atoms in total. The molecular formula is C15H9Cl2N3O2. The summed E-state index contributed by atoms with van der Waals surface area (Å²) in [4.78, 5) is 20.2. The first-order valence-corrected chi connectivity index (χ1v) is 7.02. The van der Waals surface area contributed by atoms with Gasteiger partial charge < -0.3 is 4.42 Å². The Bertz CT molecular complexity index is 819. The van der Waals surface area contributed by atoms with Gasteiger partial charge in [-0.25, -0.2) is 9.97 Å². The van der Waals surface area contributed by atoms with Crippen molar-refractivity contribution in [3.05, 3.63) is 64.6 Å². The molecule has 2 heterocycles. The van der Waals surface area contributed by atoms with Gasteiger partial charge in [-0.15, -0.1) is 0 Å². The van der Waals surface area contributed by atoms with Crippen LogP contribution in [0.2, 0.25) is 10.0 Å². The summed E-state index contributed by atoms with van der Waals surface area (Å²) in [5.41, 5.74) is 1.61. The number of benzene rings is 1. The third-order valence-corrected chi connectivity index (χ3v) is 3.59. The normalized spacial score (nSPS) is 10.5. The maximum Gasteiger partial charge on any atom is 0.301 e. The second-order valence-electron chi connectivity index (χ2n) is 4.33. The van der Waals surface area contributed by atoms with E-state index in [0.29, 0.717) is 15.7 Å². The maximum absolute atomic E-state index is 12.1. The Hall–Kier alpha value is -2.37. The van der Waals surface area contributed by atoms with Crippen molar-refractivity contribution < 1.29 is 9.21 Å². The number of hydrogen-bond acceptors (Lipinski definition) is 4. The van der Waals surface area contributed by atoms with Crippen LogP contribution < -0.4 is 5.32 Å². The summed E-state index contributed by atoms with van der Waals surface area (Å²) in [5, 5.41) is 3.40. The summed E-state index contributed by atoms with van der Waals surface area (Å²) in [6.45, 7) is 0. The molecule has 0 aliphatic heterocycles. The van der Waals surface area contributed by atoms with E-state index in [1.807, 2.05) is 0 Å². The lowest BCUT2D eigenvalue weighted by Crippen LogP contribution is -2.14. The van der Waals surface area contributed by atoms with Crippen LogP contribution in [-0.2, 0) is 0 Å². The minimum absolute atomic E-state index is 0.117. The lowest BCUT2D eigenvalue weighted by atomic mass is 10.1. The van der Waals surface area contributed by atoms with Crippen LogP contribution in [-0.4, -0.2) is 15.9 Å². The van der Waals surface area contributed by atoms with Crippen molar-refractivity contribution >= 4 is 35.1 Å². The fourth-order valence-corrected chi connectivity index (χ4v) is 2.12. The van der Waals surface area contributed by atoms with Crippen molar-refractivity contribution in [2.24, 2.45) is 0 Å². The molecule has 3 aromatic rings. The van der Waals surface area contributed by atoms with Crippen molar-refractivity contribution in [1.29, 1.82) is 0 Å². The van der Waals surface area contributed by atoms with Gasteiger partial charge in [0, 0.05) is 5.56 Å². The van der Waals surface area contributed by atoms with Gasteiger partial charge in [-0.1, -0.05) is 35.3 Å². The summed E-state index contributed by atoms with van der Waals surface area (Å²) in [6, 6.07) is 10.4. The minimum Gasteiger partial charge on any atom is -0.432 e. The topological polar surface area (TPSA) is 68.0 Å². The molecule has 110 valence electrons. The molecule has 1 aromatic carbocycles. The Morgan fingerprint density at radius 2 is 2.00 bits per heavy atom. The molecule has 2 aromatic heterocycles. The molecule has 0 saturated heterocycles. The monoisotopic (exact) mass is 333 g/mol. The highest BCUT2D eigenvalue weighted by Crippen LogP contribution is 2.27. The predicted octanol–water partition coefficient (Wildman–Crippen LogP) is 4.30. The summed E-state index contributed by atoms with van der Waals surface area (Å²) in [5.74, 6) is -0.413. The number of carbonyl (C=O) groups excluding carboxylic acids is 1. The van der Waals surface area contributed by atoms with E-state index in [9.17, 15) is 4.79 Å². The van der Waals surface area contributed by atoms with Gasteiger partial charge in [-0.2, -0.15) is 0 Å². The molecule has 3 rings (SSSR count). The van der Waals surface area contributed by atoms with Crippen molar-refractivity contribution in [3.63, 3.8) is 0 Å². The molecule has 0 bridgehead atoms. The third-order valence-electron chi connectivity index (χ3n) is 2.85. The first kappa shape index (κ1) is 14.6. The van der Waals surface area contributed by atoms with Crippen LogP contribution in [0.1, 0.15) is 10.5 Å². The van der Waals surface area contributed by atoms with Gasteiger partial charge >= 0.3 is 6.01 Å². The lowest BCUT2D eigenvalue weighted by molar-refractivity contribution is 0.101. The molecule has 0 atom stereocenters. The lowest BCUT2D eigenvalue weighted by Gasteiger charge is -2.05. The van der Waals surface area contributed by atoms with Crippen molar-refractivity contribution in [2.75, 3.05) is 5.32 Å². The van der Waals surface area contributed by atoms with Gasteiger partial charge in [0.1, 0.15) is 12.0 Å². The number of nitrogens with one attached hydrogen (secondary N) is 1. The Balaban J connectivity index is 1.88. The largest absolute Gasteiger partial charge is 0.432 e. The highest BCUT2D eigenvalue weighted by atomic mass is 35.5. The van der Waals surface area contributed by atoms with E-state index in [2.05, 4.69) is 15.3 Å². The number of carbonyl (C=O) groups is 1. The zero-order chi connectivity index (χ0) is 15.5. The van der Waals surface area contributed by atoms with Crippen LogP contribution in [0.15, 0.2) is 53.3 Å². The first-order valence-electron chi connectivity index (χ1n) is 6.27. The van der Waals surface area contributed by atoms with E-state index in [0.717, 1.165) is 5.56 Å². The van der Waals surface area contributed by atoms with Crippen molar-refractivity contribution in [1.82, 2.24) is 9.97 Å². The van der Waals surface area contributed by atoms with E-state index >= 15 is 0 Å². The smallest absolute Gasteiger partial charge is 0.301 e. The first-order chi connectivity index (χ1) is 10.6. The molecule has 0 unspecified atom stereocenters. The van der Waals surface area contributed by atoms with Crippen molar-refractivity contribution in [2.45, 2.75) is 0 Å². The quantitative estimate of drug-likeness (QED) is 0.776. The second-order valence-corrected chi connectivity index (χ2v) is 5.14. The van der Waals surface area contributed by atoms with Crippen LogP contribution in [0.3, 0.4) is 0 Å². The number of rotatable bonds is 3. The Kier molecular flexibility index (Phi) is 4.09. The van der Waals surface area contributed by atoms with Gasteiger partial charge in [0.15, 0.2) is 0 Å². The van der Waals surface area contributed by atoms with Gasteiger partial charge in [-0.05, 0) is 24.3 Å². The Morgan fingerprint density at radius 3 is 2.73 bits per heavy atom. The molecular weight excluding hydrogens is 325 g/mol. The Labute approximate surface area is 135 Å². The highest BCUT2D eigenvalue weighted by Gasteiger charge is 2.11. The molecule has 0 saturated carbocycles. The number of pyridine rings is 1. The summed E-state index contributed by atoms with van der Waals surface area (Å²) < 4.78 is 4.97. The number of anilines is 1. The summed E-state index contributed by atoms with van der Waals surface area (Å²) >= 11 is 11.9. The third kappa shape index (κ3) is 3.10. The molecule has 1 N–H and O–H groups in total. The molecule has 0 radical (unpaired) electrons. The molecule has 1 amide bonds. The van der Waals surface area contributed by atoms with E-state index in [-0.39, 0.29) is 11.7 Å². The zero-order valence-electron chi connectivity index (χ0n) is 11.1. The van der Waals surface area contributed by atoms with Crippen LogP contribution in [0.25, 0.3) is 11.3 Å². The van der Waals surface area contributed by atoms with Gasteiger partial charge in [-0.3, -0.25) is 10.1 Å². The van der Waals surface area contributed by atoms with E-state index in [1.54, 1.807) is 36.4 Å². The van der Waals surface area contributed by atoms with Crippen molar-refractivity contribution in [3.8, 4) is 11.3 Å². The number of aromatic nitrogens is 2. The van der Waals surface area contributed by atoms with Crippen LogP contribution in [0, 0.1) is 0 Å². The number of hydrogen-bond donors (Lipinski definition) is 1. The molecule has 0 spiro atoms. The summed E-state index contributed by atoms with van der Waals surface area (Å²) in [7, 11) is 0. The average Bonchev–Trinajstić information content (AvgIpc) is 3.03. The van der Waals surface area contributed by atoms with Gasteiger partial charge in [0.05, 0.1) is 21.9 Å². The number of amides is 1. The molecule has 0 aliphatic rings. The van der Waals surface area contributed by atoms with E-state index in [1.165, 1.54) is 12.5 Å². The van der Waals surface area contributed by atoms with Gasteiger partial charge in [0.25, 0.3) is 5.91 Å². The molecule has 0 fully saturated rings. The van der Waals surface area contributed by atoms with Crippen LogP contribution in [0.5, 0.6) is 0 Å². The maximum atomic E-state index is 12.1. The molecule has 7 heteroatoms. The summed E-state index contributed by atoms with van der Waals surface area (Å²) in [6.07, 6.45) is 2.81. The molecule has 0 aliphatic carbocycles. The number of nitrogens with zero attached hydrogens (tertiary/aromatic N) is 2. The zero-order valence-corrected chi connectivity index (χ0v) is 12.6. The number of oxazole rings is 1. The molecule has 22 heavy (non-hydrogen) atoms. The van der Waals surface area contributed by atoms with Crippen LogP contribution >= 0.6 is 23.2 Å². The minimum atomic E-state index is -0.413. The van der Waals surface area contributed by atoms with Crippen LogP contribution in [0.4, 0.5) is 6.01 Å². The Morgan fingerprint density at radius 1 is 1.14 bits per heavy atom. The standard InChI is InChI=1S/C15H9Cl2N3O2/c16-10-5-4-9(8-11(10)17)12-2-1-3-13(19-12)14(21)20-15-18-6-7-22-15/h1-8H,(H,18,20,21). The fraction of sp³-hybridized carbons (Fsp3) is 0. The predicted molar refractivity (Wildman–Crippen MR) is 84.1 cm³/mol. The van der Waals surface area contributed by atoms with E-state index in [4.69, 9.17) is 27.6 Å². The fourth-order valence-electron chi connectivity index (χ4n) is 1.82. The van der Waals surface area contributed by atoms with E-state index < -0.39 is 5.91 Å².